The van der Waals surface area contributed by atoms with Crippen LogP contribution >= 0.6 is 11.6 Å². The van der Waals surface area contributed by atoms with Gasteiger partial charge in [-0.1, -0.05) is 17.7 Å². The minimum absolute atomic E-state index is 0.0598. The Morgan fingerprint density at radius 2 is 1.89 bits per heavy atom. The van der Waals surface area contributed by atoms with E-state index in [4.69, 9.17) is 25.8 Å². The molecule has 2 aromatic rings. The summed E-state index contributed by atoms with van der Waals surface area (Å²) in [5.41, 5.74) is 0.598. The highest BCUT2D eigenvalue weighted by atomic mass is 35.5. The van der Waals surface area contributed by atoms with Crippen molar-refractivity contribution in [3.8, 4) is 17.2 Å². The predicted octanol–water partition coefficient (Wildman–Crippen LogP) is 3.35. The van der Waals surface area contributed by atoms with Gasteiger partial charge in [-0.25, -0.2) is 0 Å². The van der Waals surface area contributed by atoms with Crippen molar-refractivity contribution in [1.29, 1.82) is 0 Å². The molecule has 1 amide bonds. The molecule has 1 atom stereocenters. The van der Waals surface area contributed by atoms with Gasteiger partial charge in [-0.05, 0) is 30.7 Å². The maximum absolute atomic E-state index is 12.2. The van der Waals surface area contributed by atoms with E-state index in [1.165, 1.54) is 25.3 Å². The van der Waals surface area contributed by atoms with Crippen molar-refractivity contribution in [1.82, 2.24) is 5.32 Å². The van der Waals surface area contributed by atoms with Gasteiger partial charge in [0, 0.05) is 18.7 Å². The van der Waals surface area contributed by atoms with Gasteiger partial charge in [-0.2, -0.15) is 0 Å². The molecule has 0 spiro atoms. The lowest BCUT2D eigenvalue weighted by Gasteiger charge is -2.15. The molecule has 9 heteroatoms. The number of nitrogens with zero attached hydrogens (tertiary/aromatic N) is 1. The van der Waals surface area contributed by atoms with Gasteiger partial charge in [-0.3, -0.25) is 14.9 Å². The third-order valence-electron chi connectivity index (χ3n) is 3.71. The van der Waals surface area contributed by atoms with Gasteiger partial charge in [0.05, 0.1) is 19.1 Å². The number of carbonyl (C=O) groups excluding carboxylic acids is 1. The Morgan fingerprint density at radius 1 is 1.19 bits per heavy atom. The SMILES string of the molecule is COc1ccc(CNC(=O)C(C)Oc2ccc([N+](=O)[O-])c(Cl)c2)cc1OC. The zero-order valence-electron chi connectivity index (χ0n) is 15.0. The first-order valence-corrected chi connectivity index (χ1v) is 8.32. The highest BCUT2D eigenvalue weighted by Crippen LogP contribution is 2.29. The van der Waals surface area contributed by atoms with E-state index in [-0.39, 0.29) is 28.9 Å². The molecule has 27 heavy (non-hydrogen) atoms. The number of benzene rings is 2. The van der Waals surface area contributed by atoms with Crippen LogP contribution in [-0.4, -0.2) is 31.2 Å². The minimum Gasteiger partial charge on any atom is -0.493 e. The fourth-order valence-corrected chi connectivity index (χ4v) is 2.53. The molecule has 0 radical (unpaired) electrons. The number of methoxy groups -OCH3 is 2. The Bertz CT molecular complexity index is 843. The summed E-state index contributed by atoms with van der Waals surface area (Å²) in [6, 6.07) is 9.25. The Morgan fingerprint density at radius 3 is 2.48 bits per heavy atom. The molecule has 0 aromatic heterocycles. The quantitative estimate of drug-likeness (QED) is 0.544. The minimum atomic E-state index is -0.817. The second-order valence-electron chi connectivity index (χ2n) is 5.54. The summed E-state index contributed by atoms with van der Waals surface area (Å²) in [6.45, 7) is 1.84. The van der Waals surface area contributed by atoms with E-state index < -0.39 is 11.0 Å². The van der Waals surface area contributed by atoms with Crippen LogP contribution in [0.15, 0.2) is 36.4 Å². The van der Waals surface area contributed by atoms with E-state index in [2.05, 4.69) is 5.32 Å². The van der Waals surface area contributed by atoms with Crippen LogP contribution in [0.1, 0.15) is 12.5 Å². The van der Waals surface area contributed by atoms with Crippen molar-refractivity contribution in [3.63, 3.8) is 0 Å². The lowest BCUT2D eigenvalue weighted by molar-refractivity contribution is -0.384. The molecule has 0 aliphatic heterocycles. The molecule has 144 valence electrons. The van der Waals surface area contributed by atoms with Crippen LogP contribution < -0.4 is 19.5 Å². The van der Waals surface area contributed by atoms with Crippen LogP contribution in [0.4, 0.5) is 5.69 Å². The molecular formula is C18H19ClN2O6. The van der Waals surface area contributed by atoms with Crippen LogP contribution in [0.2, 0.25) is 5.02 Å². The maximum Gasteiger partial charge on any atom is 0.288 e. The highest BCUT2D eigenvalue weighted by Gasteiger charge is 2.17. The first-order valence-electron chi connectivity index (χ1n) is 7.95. The number of carbonyl (C=O) groups is 1. The van der Waals surface area contributed by atoms with Crippen LogP contribution in [-0.2, 0) is 11.3 Å². The normalized spacial score (nSPS) is 11.4. The first kappa shape index (κ1) is 20.3. The van der Waals surface area contributed by atoms with Crippen LogP contribution in [0.25, 0.3) is 0 Å². The first-order chi connectivity index (χ1) is 12.8. The summed E-state index contributed by atoms with van der Waals surface area (Å²) in [6.07, 6.45) is -0.817. The number of amides is 1. The lowest BCUT2D eigenvalue weighted by atomic mass is 10.2. The number of nitro benzene ring substituents is 1. The van der Waals surface area contributed by atoms with E-state index in [0.29, 0.717) is 11.5 Å². The summed E-state index contributed by atoms with van der Waals surface area (Å²) in [5.74, 6) is 1.08. The largest absolute Gasteiger partial charge is 0.493 e. The van der Waals surface area contributed by atoms with Crippen LogP contribution in [0.3, 0.4) is 0 Å². The fourth-order valence-electron chi connectivity index (χ4n) is 2.29. The van der Waals surface area contributed by atoms with Gasteiger partial charge in [0.1, 0.15) is 10.8 Å². The molecule has 0 saturated carbocycles. The van der Waals surface area contributed by atoms with Crippen molar-refractivity contribution in [2.75, 3.05) is 14.2 Å². The molecule has 8 nitrogen and oxygen atoms in total. The number of halogens is 1. The topological polar surface area (TPSA) is 99.9 Å². The summed E-state index contributed by atoms with van der Waals surface area (Å²) >= 11 is 5.84. The average Bonchev–Trinajstić information content (AvgIpc) is 2.65. The molecule has 0 aliphatic carbocycles. The summed E-state index contributed by atoms with van der Waals surface area (Å²) in [5, 5.41) is 13.5. The Kier molecular flexibility index (Phi) is 6.84. The molecule has 1 unspecified atom stereocenters. The summed E-state index contributed by atoms with van der Waals surface area (Å²) in [7, 11) is 3.08. The molecule has 2 aromatic carbocycles. The Hall–Kier alpha value is -3.00. The lowest BCUT2D eigenvalue weighted by Crippen LogP contribution is -2.35. The maximum atomic E-state index is 12.2. The monoisotopic (exact) mass is 394 g/mol. The van der Waals surface area contributed by atoms with E-state index in [9.17, 15) is 14.9 Å². The van der Waals surface area contributed by atoms with Gasteiger partial charge < -0.3 is 19.5 Å². The van der Waals surface area contributed by atoms with E-state index in [1.54, 1.807) is 26.2 Å². The number of hydrogen-bond acceptors (Lipinski definition) is 6. The second-order valence-corrected chi connectivity index (χ2v) is 5.94. The summed E-state index contributed by atoms with van der Waals surface area (Å²) in [4.78, 5) is 22.4. The van der Waals surface area contributed by atoms with Gasteiger partial charge in [0.25, 0.3) is 11.6 Å². The van der Waals surface area contributed by atoms with Crippen molar-refractivity contribution < 1.29 is 23.9 Å². The van der Waals surface area contributed by atoms with Gasteiger partial charge >= 0.3 is 0 Å². The van der Waals surface area contributed by atoms with Crippen molar-refractivity contribution in [3.05, 3.63) is 57.1 Å². The molecule has 0 bridgehead atoms. The second kappa shape index (κ2) is 9.09. The zero-order chi connectivity index (χ0) is 20.0. The van der Waals surface area contributed by atoms with E-state index in [1.807, 2.05) is 6.07 Å². The third kappa shape index (κ3) is 5.24. The summed E-state index contributed by atoms with van der Waals surface area (Å²) < 4.78 is 15.9. The Labute approximate surface area is 161 Å². The molecule has 1 N–H and O–H groups in total. The van der Waals surface area contributed by atoms with E-state index >= 15 is 0 Å². The smallest absolute Gasteiger partial charge is 0.288 e. The molecular weight excluding hydrogens is 376 g/mol. The predicted molar refractivity (Wildman–Crippen MR) is 99.6 cm³/mol. The number of nitrogens with one attached hydrogen (secondary N) is 1. The number of hydrogen-bond donors (Lipinski definition) is 1. The third-order valence-corrected chi connectivity index (χ3v) is 4.02. The number of nitro groups is 1. The molecule has 0 saturated heterocycles. The molecule has 0 aliphatic rings. The Balaban J connectivity index is 1.96. The highest BCUT2D eigenvalue weighted by molar-refractivity contribution is 6.32. The van der Waals surface area contributed by atoms with Crippen molar-refractivity contribution in [2.24, 2.45) is 0 Å². The molecule has 2 rings (SSSR count). The van der Waals surface area contributed by atoms with Crippen LogP contribution in [0.5, 0.6) is 17.2 Å². The van der Waals surface area contributed by atoms with Crippen molar-refractivity contribution >= 4 is 23.2 Å². The average molecular weight is 395 g/mol. The molecule has 0 heterocycles. The molecule has 0 fully saturated rings. The zero-order valence-corrected chi connectivity index (χ0v) is 15.8. The number of rotatable bonds is 8. The van der Waals surface area contributed by atoms with Crippen molar-refractivity contribution in [2.45, 2.75) is 19.6 Å². The fraction of sp³-hybridized carbons (Fsp3) is 0.278. The van der Waals surface area contributed by atoms with Gasteiger partial charge in [0.15, 0.2) is 17.6 Å². The van der Waals surface area contributed by atoms with Gasteiger partial charge in [0.2, 0.25) is 0 Å². The number of ether oxygens (including phenoxy) is 3. The van der Waals surface area contributed by atoms with Gasteiger partial charge in [-0.15, -0.1) is 0 Å². The van der Waals surface area contributed by atoms with E-state index in [0.717, 1.165) is 5.56 Å². The van der Waals surface area contributed by atoms with Crippen LogP contribution in [0, 0.1) is 10.1 Å². The standard InChI is InChI=1S/C18H19ClN2O6/c1-11(27-13-5-6-15(21(23)24)14(19)9-13)18(22)20-10-12-4-7-16(25-2)17(8-12)26-3/h4-9,11H,10H2,1-3H3,(H,20,22).